The van der Waals surface area contributed by atoms with Crippen molar-refractivity contribution >= 4 is 0 Å². The molecule has 218 valence electrons. The molecule has 3 rings (SSSR count). The van der Waals surface area contributed by atoms with Crippen molar-refractivity contribution in [2.45, 2.75) is 90.4 Å². The molecule has 0 radical (unpaired) electrons. The lowest BCUT2D eigenvalue weighted by molar-refractivity contribution is -0.503. The Labute approximate surface area is 207 Å². The Balaban J connectivity index is 2.39. The van der Waals surface area contributed by atoms with Gasteiger partial charge in [-0.3, -0.25) is 0 Å². The summed E-state index contributed by atoms with van der Waals surface area (Å²) in [5, 5.41) is 169. The zero-order chi connectivity index (χ0) is 28.5. The van der Waals surface area contributed by atoms with E-state index in [2.05, 4.69) is 0 Å². The summed E-state index contributed by atoms with van der Waals surface area (Å²) in [6, 6.07) is 0. The lowest BCUT2D eigenvalue weighted by Gasteiger charge is -2.68. The normalized spacial score (nSPS) is 59.4. The fraction of sp³-hybridized carbons (Fsp3) is 1.00. The second-order valence-electron chi connectivity index (χ2n) is 9.69. The maximum atomic E-state index is 11.9. The largest absolute Gasteiger partial charge is 0.395 e. The molecule has 0 spiro atoms. The van der Waals surface area contributed by atoms with E-state index in [4.69, 9.17) is 9.47 Å². The predicted molar refractivity (Wildman–Crippen MR) is 108 cm³/mol. The Kier molecular flexibility index (Phi) is 8.36. The zero-order valence-electron chi connectivity index (χ0n) is 19.0. The van der Waals surface area contributed by atoms with Crippen LogP contribution in [0.25, 0.3) is 0 Å². The van der Waals surface area contributed by atoms with Crippen LogP contribution >= 0.6 is 0 Å². The summed E-state index contributed by atoms with van der Waals surface area (Å²) in [4.78, 5) is 0. The van der Waals surface area contributed by atoms with Gasteiger partial charge in [0, 0.05) is 0 Å². The van der Waals surface area contributed by atoms with Crippen molar-refractivity contribution in [1.82, 2.24) is 0 Å². The van der Waals surface area contributed by atoms with Crippen LogP contribution < -0.4 is 0 Å². The molecule has 0 aromatic heterocycles. The summed E-state index contributed by atoms with van der Waals surface area (Å²) >= 11 is 0. The van der Waals surface area contributed by atoms with Gasteiger partial charge < -0.3 is 91.2 Å². The minimum Gasteiger partial charge on any atom is -0.395 e. The van der Waals surface area contributed by atoms with Gasteiger partial charge in [0.15, 0.2) is 5.60 Å². The van der Waals surface area contributed by atoms with Gasteiger partial charge in [0.2, 0.25) is 11.6 Å². The van der Waals surface area contributed by atoms with Gasteiger partial charge in [0.05, 0.1) is 25.9 Å². The quantitative estimate of drug-likeness (QED) is 0.151. The van der Waals surface area contributed by atoms with E-state index in [1.807, 2.05) is 0 Å². The van der Waals surface area contributed by atoms with Gasteiger partial charge in [-0.25, -0.2) is 0 Å². The summed E-state index contributed by atoms with van der Waals surface area (Å²) in [6.07, 6.45) is -30.7. The Morgan fingerprint density at radius 1 is 0.459 bits per heavy atom. The summed E-state index contributed by atoms with van der Waals surface area (Å²) < 4.78 is 10.1. The molecule has 0 amide bonds. The number of aliphatic hydroxyl groups excluding tert-OH is 13. The minimum atomic E-state index is -4.15. The van der Waals surface area contributed by atoms with Gasteiger partial charge in [-0.1, -0.05) is 0 Å². The Morgan fingerprint density at radius 2 is 0.811 bits per heavy atom. The predicted octanol–water partition coefficient (Wildman–Crippen LogP) is -10.5. The van der Waals surface area contributed by atoms with Gasteiger partial charge in [0.25, 0.3) is 0 Å². The molecular formula is C19H34O18. The number of rotatable bonds is 5. The summed E-state index contributed by atoms with van der Waals surface area (Å²) in [5.74, 6) is -7.89. The molecule has 3 aliphatic rings. The van der Waals surface area contributed by atoms with Crippen LogP contribution in [0.3, 0.4) is 0 Å². The Bertz CT molecular complexity index is 816. The van der Waals surface area contributed by atoms with E-state index in [0.29, 0.717) is 0 Å². The molecule has 0 bridgehead atoms. The maximum absolute atomic E-state index is 11.9. The van der Waals surface area contributed by atoms with E-state index >= 15 is 0 Å². The molecule has 1 aliphatic carbocycles. The van der Waals surface area contributed by atoms with Crippen molar-refractivity contribution < 1.29 is 91.2 Å². The van der Waals surface area contributed by atoms with Gasteiger partial charge in [-0.15, -0.1) is 0 Å². The number of ether oxygens (including phenoxy) is 2. The molecule has 18 nitrogen and oxygen atoms in total. The van der Waals surface area contributed by atoms with Gasteiger partial charge >= 0.3 is 0 Å². The highest BCUT2D eigenvalue weighted by molar-refractivity contribution is 5.29. The van der Waals surface area contributed by atoms with E-state index in [1.165, 1.54) is 0 Å². The standard InChI is InChI=1S/C19H34O18/c20-1-4-6(23)8(25)14(31)18(34,36-4)16(3-22)12(29)10(27)11(28)13(30)17(16,33)19(35)15(32)9(26)7(24)5(2-21)37-19/h4-15,20-35H,1-3H2/t4-,5-,6+,7+,8+,9+,10+,11+,12+,13+,14-,15-,16-,17+,18+,19-/m1/s1. The summed E-state index contributed by atoms with van der Waals surface area (Å²) in [7, 11) is 0. The molecule has 2 heterocycles. The third-order valence-corrected chi connectivity index (χ3v) is 7.98. The monoisotopic (exact) mass is 550 g/mol. The first kappa shape index (κ1) is 30.8. The van der Waals surface area contributed by atoms with Crippen molar-refractivity contribution in [1.29, 1.82) is 0 Å². The topological polar surface area (TPSA) is 342 Å². The molecule has 2 aliphatic heterocycles. The molecule has 16 N–H and O–H groups in total. The fourth-order valence-corrected chi connectivity index (χ4v) is 5.74. The Hall–Kier alpha value is -0.720. The SMILES string of the molecule is OC[C@H]1O[C@](O)([C@]2(CO)[C@@H](O)[C@@H](O)[C@H](O)[C@H](O)[C@@]2(O)[C@]2(O)O[C@H](CO)[C@H](O)[C@H](O)[C@H]2O)[C@H](O)[C@@H](O)[C@H]1O. The Morgan fingerprint density at radius 3 is 1.22 bits per heavy atom. The molecule has 0 aromatic carbocycles. The van der Waals surface area contributed by atoms with Crippen LogP contribution in [0.2, 0.25) is 0 Å². The first-order valence-corrected chi connectivity index (χ1v) is 11.2. The first-order valence-electron chi connectivity index (χ1n) is 11.2. The number of hydrogen-bond donors (Lipinski definition) is 16. The molecule has 0 unspecified atom stereocenters. The third kappa shape index (κ3) is 3.66. The van der Waals surface area contributed by atoms with E-state index in [1.54, 1.807) is 0 Å². The molecule has 3 fully saturated rings. The van der Waals surface area contributed by atoms with Crippen LogP contribution in [0.1, 0.15) is 0 Å². The second-order valence-corrected chi connectivity index (χ2v) is 9.69. The average Bonchev–Trinajstić information content (AvgIpc) is 2.88. The highest BCUT2D eigenvalue weighted by atomic mass is 16.7. The lowest BCUT2D eigenvalue weighted by Crippen LogP contribution is -2.92. The molecule has 0 aromatic rings. The van der Waals surface area contributed by atoms with E-state index < -0.39 is 116 Å². The molecule has 16 atom stereocenters. The molecule has 2 saturated heterocycles. The minimum absolute atomic E-state index is 1.22. The van der Waals surface area contributed by atoms with Crippen molar-refractivity contribution in [3.63, 3.8) is 0 Å². The van der Waals surface area contributed by atoms with Crippen LogP contribution in [-0.2, 0) is 9.47 Å². The highest BCUT2D eigenvalue weighted by Crippen LogP contribution is 2.60. The molecule has 1 saturated carbocycles. The van der Waals surface area contributed by atoms with E-state index in [9.17, 15) is 81.7 Å². The fourth-order valence-electron chi connectivity index (χ4n) is 5.74. The molecule has 18 heteroatoms. The van der Waals surface area contributed by atoms with Gasteiger partial charge in [-0.2, -0.15) is 0 Å². The number of aliphatic hydroxyl groups is 16. The van der Waals surface area contributed by atoms with Gasteiger partial charge in [0.1, 0.15) is 72.6 Å². The number of hydrogen-bond acceptors (Lipinski definition) is 18. The maximum Gasteiger partial charge on any atom is 0.228 e. The zero-order valence-corrected chi connectivity index (χ0v) is 19.0. The smallest absolute Gasteiger partial charge is 0.228 e. The lowest BCUT2D eigenvalue weighted by atomic mass is 9.49. The second kappa shape index (κ2) is 10.0. The third-order valence-electron chi connectivity index (χ3n) is 7.98. The van der Waals surface area contributed by atoms with Gasteiger partial charge in [-0.05, 0) is 0 Å². The average molecular weight is 550 g/mol. The first-order chi connectivity index (χ1) is 17.0. The van der Waals surface area contributed by atoms with Crippen LogP contribution in [0, 0.1) is 5.41 Å². The molecular weight excluding hydrogens is 516 g/mol. The summed E-state index contributed by atoms with van der Waals surface area (Å²) in [5.41, 5.74) is -7.91. The van der Waals surface area contributed by atoms with Crippen molar-refractivity contribution in [3.8, 4) is 0 Å². The van der Waals surface area contributed by atoms with E-state index in [-0.39, 0.29) is 0 Å². The molecule has 37 heavy (non-hydrogen) atoms. The van der Waals surface area contributed by atoms with Crippen LogP contribution in [0.5, 0.6) is 0 Å². The van der Waals surface area contributed by atoms with Crippen molar-refractivity contribution in [2.24, 2.45) is 5.41 Å². The van der Waals surface area contributed by atoms with Crippen LogP contribution in [0.15, 0.2) is 0 Å². The van der Waals surface area contributed by atoms with Crippen LogP contribution in [0.4, 0.5) is 0 Å². The van der Waals surface area contributed by atoms with E-state index in [0.717, 1.165) is 0 Å². The van der Waals surface area contributed by atoms with Crippen LogP contribution in [-0.4, -0.2) is 192 Å². The summed E-state index contributed by atoms with van der Waals surface area (Å²) in [6.45, 7) is -4.42. The van der Waals surface area contributed by atoms with Crippen molar-refractivity contribution in [2.75, 3.05) is 19.8 Å². The van der Waals surface area contributed by atoms with Crippen molar-refractivity contribution in [3.05, 3.63) is 0 Å². The highest BCUT2D eigenvalue weighted by Gasteiger charge is 2.85.